The maximum Gasteiger partial charge on any atom is 0.223 e. The molecule has 5 nitrogen and oxygen atoms in total. The van der Waals surface area contributed by atoms with E-state index in [9.17, 15) is 0 Å². The molecular formula is C26H15BrIN5. The molecule has 7 aromatic rings. The number of hydrogen-bond donors (Lipinski definition) is 0. The van der Waals surface area contributed by atoms with Gasteiger partial charge in [0.05, 0.1) is 38.8 Å². The van der Waals surface area contributed by atoms with Crippen molar-refractivity contribution in [3.63, 3.8) is 0 Å². The molecule has 3 heterocycles. The lowest BCUT2D eigenvalue weighted by atomic mass is 10.2. The lowest BCUT2D eigenvalue weighted by Gasteiger charge is -2.07. The molecule has 3 aromatic heterocycles. The molecule has 4 aromatic carbocycles. The maximum atomic E-state index is 5.12. The summed E-state index contributed by atoms with van der Waals surface area (Å²) in [6, 6.07) is 31.4. The number of benzene rings is 4. The van der Waals surface area contributed by atoms with Crippen molar-refractivity contribution in [2.45, 2.75) is 0 Å². The molecule has 0 amide bonds. The Labute approximate surface area is 210 Å². The zero-order valence-corrected chi connectivity index (χ0v) is 20.9. The molecule has 7 rings (SSSR count). The Morgan fingerprint density at radius 1 is 0.606 bits per heavy atom. The van der Waals surface area contributed by atoms with E-state index >= 15 is 0 Å². The molecule has 0 aliphatic rings. The molecule has 0 spiro atoms. The van der Waals surface area contributed by atoms with E-state index in [1.807, 2.05) is 24.3 Å². The van der Waals surface area contributed by atoms with Crippen LogP contribution in [-0.2, 0) is 0 Å². The summed E-state index contributed by atoms with van der Waals surface area (Å²) in [6.45, 7) is 0. The topological polar surface area (TPSA) is 39.5 Å². The van der Waals surface area contributed by atoms with E-state index in [0.717, 1.165) is 58.4 Å². The van der Waals surface area contributed by atoms with Crippen LogP contribution in [0.4, 0.5) is 0 Å². The predicted molar refractivity (Wildman–Crippen MR) is 145 cm³/mol. The molecule has 0 aliphatic carbocycles. The van der Waals surface area contributed by atoms with Crippen molar-refractivity contribution in [3.8, 4) is 5.69 Å². The summed E-state index contributed by atoms with van der Waals surface area (Å²) in [5, 5.41) is 0. The van der Waals surface area contributed by atoms with Crippen LogP contribution in [0, 0.1) is 3.57 Å². The first kappa shape index (κ1) is 19.3. The lowest BCUT2D eigenvalue weighted by Crippen LogP contribution is -2.01. The average molecular weight is 604 g/mol. The van der Waals surface area contributed by atoms with E-state index in [-0.39, 0.29) is 0 Å². The van der Waals surface area contributed by atoms with Crippen LogP contribution < -0.4 is 0 Å². The van der Waals surface area contributed by atoms with Crippen molar-refractivity contribution in [3.05, 3.63) is 99.0 Å². The van der Waals surface area contributed by atoms with Crippen LogP contribution in [0.5, 0.6) is 0 Å². The summed E-state index contributed by atoms with van der Waals surface area (Å²) >= 11 is 6.03. The van der Waals surface area contributed by atoms with Gasteiger partial charge < -0.3 is 0 Å². The van der Waals surface area contributed by atoms with Gasteiger partial charge in [0.2, 0.25) is 11.6 Å². The van der Waals surface area contributed by atoms with Gasteiger partial charge in [-0.2, -0.15) is 0 Å². The largest absolute Gasteiger partial charge is 0.276 e. The van der Waals surface area contributed by atoms with Crippen LogP contribution in [0.3, 0.4) is 0 Å². The van der Waals surface area contributed by atoms with Gasteiger partial charge in [0.25, 0.3) is 0 Å². The second kappa shape index (κ2) is 7.16. The quantitative estimate of drug-likeness (QED) is 0.187. The van der Waals surface area contributed by atoms with Crippen molar-refractivity contribution in [2.24, 2.45) is 0 Å². The monoisotopic (exact) mass is 603 g/mol. The fourth-order valence-electron chi connectivity index (χ4n) is 4.60. The Morgan fingerprint density at radius 3 is 1.91 bits per heavy atom. The minimum absolute atomic E-state index is 0.811. The molecule has 0 atom stereocenters. The highest BCUT2D eigenvalue weighted by atomic mass is 127. The number of fused-ring (bicyclic) bond motifs is 9. The summed E-state index contributed by atoms with van der Waals surface area (Å²) < 4.78 is 8.80. The first-order valence-electron chi connectivity index (χ1n) is 10.5. The number of nitrogens with zero attached hydrogens (tertiary/aromatic N) is 5. The van der Waals surface area contributed by atoms with E-state index in [0.29, 0.717) is 0 Å². The first-order chi connectivity index (χ1) is 16.2. The highest BCUT2D eigenvalue weighted by Gasteiger charge is 2.18. The van der Waals surface area contributed by atoms with E-state index in [4.69, 9.17) is 9.97 Å². The summed E-state index contributed by atoms with van der Waals surface area (Å²) in [5.74, 6) is 1.62. The third-order valence-electron chi connectivity index (χ3n) is 5.97. The third-order valence-corrected chi connectivity index (χ3v) is 7.14. The van der Waals surface area contributed by atoms with Crippen LogP contribution >= 0.6 is 38.5 Å². The number of halogens is 2. The second-order valence-corrected chi connectivity index (χ2v) is 10.1. The normalized spacial score (nSPS) is 11.9. The van der Waals surface area contributed by atoms with Gasteiger partial charge in [0.1, 0.15) is 0 Å². The summed E-state index contributed by atoms with van der Waals surface area (Å²) in [4.78, 5) is 10.2. The smallest absolute Gasteiger partial charge is 0.223 e. The fraction of sp³-hybridized carbons (Fsp3) is 0. The van der Waals surface area contributed by atoms with Crippen LogP contribution in [-0.4, -0.2) is 23.3 Å². The number of imidazole rings is 2. The Balaban J connectivity index is 1.90. The van der Waals surface area contributed by atoms with Gasteiger partial charge in [-0.1, -0.05) is 46.3 Å². The second-order valence-electron chi connectivity index (χ2n) is 7.92. The number of rotatable bonds is 1. The van der Waals surface area contributed by atoms with Gasteiger partial charge in [-0.3, -0.25) is 8.80 Å². The van der Waals surface area contributed by atoms with E-state index in [1.165, 1.54) is 0 Å². The van der Waals surface area contributed by atoms with Crippen molar-refractivity contribution >= 4 is 83.2 Å². The Bertz CT molecular complexity index is 1910. The highest BCUT2D eigenvalue weighted by molar-refractivity contribution is 14.1. The van der Waals surface area contributed by atoms with E-state index in [1.54, 1.807) is 0 Å². The molecule has 0 saturated heterocycles. The average Bonchev–Trinajstić information content (AvgIpc) is 3.35. The van der Waals surface area contributed by atoms with Gasteiger partial charge in [-0.05, 0) is 83.3 Å². The van der Waals surface area contributed by atoms with Crippen LogP contribution in [0.2, 0.25) is 0 Å². The van der Waals surface area contributed by atoms with Gasteiger partial charge in [-0.15, -0.1) is 0 Å². The van der Waals surface area contributed by atoms with Gasteiger partial charge in [0.15, 0.2) is 0 Å². The lowest BCUT2D eigenvalue weighted by molar-refractivity contribution is 1.03. The van der Waals surface area contributed by atoms with Crippen LogP contribution in [0.25, 0.3) is 50.3 Å². The molecule has 0 bridgehead atoms. The first-order valence-corrected chi connectivity index (χ1v) is 12.4. The molecule has 158 valence electrons. The Morgan fingerprint density at radius 2 is 1.24 bits per heavy atom. The number of para-hydroxylation sites is 4. The molecule has 7 heteroatoms. The van der Waals surface area contributed by atoms with Crippen LogP contribution in [0.1, 0.15) is 0 Å². The maximum absolute atomic E-state index is 5.12. The standard InChI is InChI=1S/C26H15BrIN5/c27-16-6-5-7-18(14-16)31-25-29-19-8-1-3-10-21(19)32(25)23-13-12-17(28)15-24(23)33-22-11-4-2-9-20(22)30-26(31)33/h1-15H. The van der Waals surface area contributed by atoms with Crippen molar-refractivity contribution in [1.82, 2.24) is 23.3 Å². The fourth-order valence-corrected chi connectivity index (χ4v) is 5.46. The SMILES string of the molecule is Brc1cccc(-n2c3nc4ccccc4n3c3ccc(I)cc3n3c4ccccc4nc23)c1. The number of aromatic nitrogens is 5. The van der Waals surface area contributed by atoms with Crippen molar-refractivity contribution < 1.29 is 0 Å². The van der Waals surface area contributed by atoms with Crippen molar-refractivity contribution in [1.29, 1.82) is 0 Å². The molecule has 0 saturated carbocycles. The Kier molecular flexibility index (Phi) is 4.19. The predicted octanol–water partition coefficient (Wildman–Crippen LogP) is 7.16. The molecule has 0 N–H and O–H groups in total. The molecular weight excluding hydrogens is 589 g/mol. The minimum Gasteiger partial charge on any atom is -0.276 e. The molecule has 0 radical (unpaired) electrons. The molecule has 0 aliphatic heterocycles. The van der Waals surface area contributed by atoms with Crippen molar-refractivity contribution in [2.75, 3.05) is 0 Å². The molecule has 0 unspecified atom stereocenters. The summed E-state index contributed by atoms with van der Waals surface area (Å²) in [6.07, 6.45) is 0. The minimum atomic E-state index is 0.811. The third kappa shape index (κ3) is 2.82. The Hall–Kier alpha value is -3.17. The van der Waals surface area contributed by atoms with E-state index < -0.39 is 0 Å². The van der Waals surface area contributed by atoms with E-state index in [2.05, 4.69) is 119 Å². The summed E-state index contributed by atoms with van der Waals surface area (Å²) in [5.41, 5.74) is 7.15. The van der Waals surface area contributed by atoms with Crippen LogP contribution in [0.15, 0.2) is 95.5 Å². The summed E-state index contributed by atoms with van der Waals surface area (Å²) in [7, 11) is 0. The van der Waals surface area contributed by atoms with Gasteiger partial charge in [-0.25, -0.2) is 14.5 Å². The van der Waals surface area contributed by atoms with Gasteiger partial charge in [0, 0.05) is 8.04 Å². The number of hydrogen-bond acceptors (Lipinski definition) is 2. The highest BCUT2D eigenvalue weighted by Crippen LogP contribution is 2.30. The van der Waals surface area contributed by atoms with Gasteiger partial charge >= 0.3 is 0 Å². The molecule has 0 fully saturated rings. The zero-order valence-electron chi connectivity index (χ0n) is 17.2. The zero-order chi connectivity index (χ0) is 22.1. The molecule has 33 heavy (non-hydrogen) atoms.